The highest BCUT2D eigenvalue weighted by atomic mass is 16.5. The van der Waals surface area contributed by atoms with Crippen LogP contribution in [-0.2, 0) is 0 Å². The summed E-state index contributed by atoms with van der Waals surface area (Å²) in [6, 6.07) is 5.31. The molecule has 5 heteroatoms. The average Bonchev–Trinajstić information content (AvgIpc) is 2.91. The van der Waals surface area contributed by atoms with Crippen LogP contribution in [0.5, 0.6) is 5.75 Å². The quantitative estimate of drug-likeness (QED) is 0.871. The maximum Gasteiger partial charge on any atom is 0.260 e. The van der Waals surface area contributed by atoms with E-state index >= 15 is 0 Å². The van der Waals surface area contributed by atoms with E-state index in [2.05, 4.69) is 14.9 Å². The van der Waals surface area contributed by atoms with Crippen LogP contribution in [0.25, 0.3) is 10.9 Å². The van der Waals surface area contributed by atoms with Crippen molar-refractivity contribution < 1.29 is 4.74 Å². The van der Waals surface area contributed by atoms with E-state index in [9.17, 15) is 4.79 Å². The molecule has 0 unspecified atom stereocenters. The van der Waals surface area contributed by atoms with Crippen LogP contribution in [0.4, 0.5) is 5.95 Å². The fourth-order valence-electron chi connectivity index (χ4n) is 2.31. The lowest BCUT2D eigenvalue weighted by Crippen LogP contribution is -2.23. The summed E-state index contributed by atoms with van der Waals surface area (Å²) in [5, 5.41) is 0.596. The number of benzene rings is 1. The number of aromatic nitrogens is 2. The number of fused-ring (bicyclic) bond motifs is 1. The van der Waals surface area contributed by atoms with Crippen molar-refractivity contribution in [2.24, 2.45) is 0 Å². The van der Waals surface area contributed by atoms with Crippen molar-refractivity contribution in [3.8, 4) is 5.75 Å². The molecule has 2 heterocycles. The smallest absolute Gasteiger partial charge is 0.260 e. The van der Waals surface area contributed by atoms with E-state index in [4.69, 9.17) is 4.74 Å². The van der Waals surface area contributed by atoms with Crippen molar-refractivity contribution in [1.29, 1.82) is 0 Å². The number of methoxy groups -OCH3 is 1. The molecule has 0 bridgehead atoms. The van der Waals surface area contributed by atoms with Crippen LogP contribution in [0.2, 0.25) is 0 Å². The van der Waals surface area contributed by atoms with Gasteiger partial charge in [-0.15, -0.1) is 0 Å². The maximum atomic E-state index is 12.0. The van der Waals surface area contributed by atoms with Gasteiger partial charge in [0, 0.05) is 19.2 Å². The molecule has 0 aliphatic carbocycles. The van der Waals surface area contributed by atoms with Crippen LogP contribution < -0.4 is 15.2 Å². The fourth-order valence-corrected chi connectivity index (χ4v) is 2.31. The molecular weight excluding hydrogens is 230 g/mol. The van der Waals surface area contributed by atoms with Gasteiger partial charge in [-0.2, -0.15) is 0 Å². The first kappa shape index (κ1) is 11.1. The summed E-state index contributed by atoms with van der Waals surface area (Å²) in [7, 11) is 1.61. The molecule has 0 spiro atoms. The molecule has 18 heavy (non-hydrogen) atoms. The predicted octanol–water partition coefficient (Wildman–Crippen LogP) is 1.53. The Morgan fingerprint density at radius 3 is 2.83 bits per heavy atom. The summed E-state index contributed by atoms with van der Waals surface area (Å²) in [5.41, 5.74) is 0.588. The number of anilines is 1. The van der Waals surface area contributed by atoms with Crippen molar-refractivity contribution in [2.75, 3.05) is 25.1 Å². The second-order valence-corrected chi connectivity index (χ2v) is 4.47. The van der Waals surface area contributed by atoms with Crippen LogP contribution in [0.3, 0.4) is 0 Å². The third-order valence-electron chi connectivity index (χ3n) is 3.31. The van der Waals surface area contributed by atoms with Crippen molar-refractivity contribution in [2.45, 2.75) is 12.8 Å². The third-order valence-corrected chi connectivity index (χ3v) is 3.31. The first-order valence-corrected chi connectivity index (χ1v) is 6.11. The van der Waals surface area contributed by atoms with Gasteiger partial charge in [0.2, 0.25) is 5.95 Å². The highest BCUT2D eigenvalue weighted by molar-refractivity contribution is 5.80. The minimum absolute atomic E-state index is 0.0930. The number of H-pyrrole nitrogens is 1. The second kappa shape index (κ2) is 4.33. The number of hydrogen-bond acceptors (Lipinski definition) is 4. The zero-order valence-electron chi connectivity index (χ0n) is 10.3. The van der Waals surface area contributed by atoms with Crippen molar-refractivity contribution >= 4 is 16.9 Å². The first-order chi connectivity index (χ1) is 8.78. The molecule has 1 saturated heterocycles. The standard InChI is InChI=1S/C13H15N3O2/c1-18-9-4-5-10-11(8-9)14-13(15-12(10)17)16-6-2-3-7-16/h4-5,8H,2-3,6-7H2,1H3,(H,14,15,17). The number of aromatic amines is 1. The number of rotatable bonds is 2. The number of nitrogens with zero attached hydrogens (tertiary/aromatic N) is 2. The molecule has 0 saturated carbocycles. The summed E-state index contributed by atoms with van der Waals surface area (Å²) in [4.78, 5) is 21.5. The fraction of sp³-hybridized carbons (Fsp3) is 0.385. The van der Waals surface area contributed by atoms with E-state index in [-0.39, 0.29) is 5.56 Å². The van der Waals surface area contributed by atoms with Crippen LogP contribution >= 0.6 is 0 Å². The number of nitrogens with one attached hydrogen (secondary N) is 1. The largest absolute Gasteiger partial charge is 0.497 e. The van der Waals surface area contributed by atoms with E-state index in [0.29, 0.717) is 22.6 Å². The normalized spacial score (nSPS) is 15.3. The van der Waals surface area contributed by atoms with Crippen LogP contribution in [-0.4, -0.2) is 30.2 Å². The molecule has 0 radical (unpaired) electrons. The monoisotopic (exact) mass is 245 g/mol. The minimum Gasteiger partial charge on any atom is -0.497 e. The van der Waals surface area contributed by atoms with Gasteiger partial charge in [-0.1, -0.05) is 0 Å². The molecule has 5 nitrogen and oxygen atoms in total. The molecule has 1 fully saturated rings. The molecule has 1 aromatic carbocycles. The lowest BCUT2D eigenvalue weighted by Gasteiger charge is -2.15. The van der Waals surface area contributed by atoms with Gasteiger partial charge in [0.1, 0.15) is 5.75 Å². The molecule has 1 N–H and O–H groups in total. The van der Waals surface area contributed by atoms with E-state index in [1.807, 2.05) is 0 Å². The zero-order valence-corrected chi connectivity index (χ0v) is 10.3. The molecule has 2 aromatic rings. The summed E-state index contributed by atoms with van der Waals surface area (Å²) in [5.74, 6) is 1.38. The minimum atomic E-state index is -0.0930. The molecule has 0 amide bonds. The van der Waals surface area contributed by atoms with E-state index in [0.717, 1.165) is 25.9 Å². The van der Waals surface area contributed by atoms with Gasteiger partial charge in [-0.05, 0) is 25.0 Å². The molecule has 3 rings (SSSR count). The number of ether oxygens (including phenoxy) is 1. The van der Waals surface area contributed by atoms with Crippen LogP contribution in [0.1, 0.15) is 12.8 Å². The second-order valence-electron chi connectivity index (χ2n) is 4.47. The van der Waals surface area contributed by atoms with E-state index in [1.165, 1.54) is 0 Å². The van der Waals surface area contributed by atoms with Crippen LogP contribution in [0.15, 0.2) is 23.0 Å². The summed E-state index contributed by atoms with van der Waals surface area (Å²) in [6.07, 6.45) is 2.31. The Hall–Kier alpha value is -2.04. The molecular formula is C13H15N3O2. The SMILES string of the molecule is COc1ccc2c(=O)[nH]c(N3CCCC3)nc2c1. The predicted molar refractivity (Wildman–Crippen MR) is 70.4 cm³/mol. The topological polar surface area (TPSA) is 58.2 Å². The average molecular weight is 245 g/mol. The van der Waals surface area contributed by atoms with Crippen molar-refractivity contribution in [3.05, 3.63) is 28.6 Å². The summed E-state index contributed by atoms with van der Waals surface area (Å²) >= 11 is 0. The Balaban J connectivity index is 2.14. The Kier molecular flexibility index (Phi) is 2.66. The first-order valence-electron chi connectivity index (χ1n) is 6.11. The van der Waals surface area contributed by atoms with Gasteiger partial charge in [0.15, 0.2) is 0 Å². The summed E-state index contributed by atoms with van der Waals surface area (Å²) in [6.45, 7) is 1.91. The van der Waals surface area contributed by atoms with Gasteiger partial charge < -0.3 is 9.64 Å². The van der Waals surface area contributed by atoms with Crippen molar-refractivity contribution in [1.82, 2.24) is 9.97 Å². The third kappa shape index (κ3) is 1.81. The highest BCUT2D eigenvalue weighted by Crippen LogP contribution is 2.20. The van der Waals surface area contributed by atoms with Gasteiger partial charge in [0.25, 0.3) is 5.56 Å². The van der Waals surface area contributed by atoms with E-state index < -0.39 is 0 Å². The number of hydrogen-bond donors (Lipinski definition) is 1. The maximum absolute atomic E-state index is 12.0. The van der Waals surface area contributed by atoms with Gasteiger partial charge in [0.05, 0.1) is 18.0 Å². The Bertz CT molecular complexity index is 630. The van der Waals surface area contributed by atoms with E-state index in [1.54, 1.807) is 25.3 Å². The lowest BCUT2D eigenvalue weighted by atomic mass is 10.2. The lowest BCUT2D eigenvalue weighted by molar-refractivity contribution is 0.415. The van der Waals surface area contributed by atoms with Crippen molar-refractivity contribution in [3.63, 3.8) is 0 Å². The molecule has 1 aliphatic rings. The molecule has 1 aliphatic heterocycles. The van der Waals surface area contributed by atoms with Gasteiger partial charge in [-0.3, -0.25) is 9.78 Å². The molecule has 1 aromatic heterocycles. The van der Waals surface area contributed by atoms with Crippen LogP contribution in [0, 0.1) is 0 Å². The molecule has 0 atom stereocenters. The summed E-state index contributed by atoms with van der Waals surface area (Å²) < 4.78 is 5.16. The zero-order chi connectivity index (χ0) is 12.5. The Morgan fingerprint density at radius 2 is 2.11 bits per heavy atom. The van der Waals surface area contributed by atoms with Gasteiger partial charge >= 0.3 is 0 Å². The Labute approximate surface area is 104 Å². The van der Waals surface area contributed by atoms with Gasteiger partial charge in [-0.25, -0.2) is 4.98 Å². The Morgan fingerprint density at radius 1 is 1.33 bits per heavy atom. The highest BCUT2D eigenvalue weighted by Gasteiger charge is 2.15. The molecule has 94 valence electrons.